The third kappa shape index (κ3) is 5.83. The van der Waals surface area contributed by atoms with E-state index in [0.717, 1.165) is 18.5 Å². The quantitative estimate of drug-likeness (QED) is 0.645. The summed E-state index contributed by atoms with van der Waals surface area (Å²) in [6, 6.07) is 8.80. The minimum absolute atomic E-state index is 0.0211. The molecule has 36 heavy (non-hydrogen) atoms. The van der Waals surface area contributed by atoms with Gasteiger partial charge >= 0.3 is 6.09 Å². The molecule has 1 aromatic rings. The van der Waals surface area contributed by atoms with Crippen molar-refractivity contribution in [2.75, 3.05) is 19.6 Å². The zero-order valence-electron chi connectivity index (χ0n) is 22.1. The molecule has 3 saturated heterocycles. The van der Waals surface area contributed by atoms with E-state index in [1.54, 1.807) is 4.90 Å². The second-order valence-corrected chi connectivity index (χ2v) is 11.7. The molecule has 0 unspecified atom stereocenters. The summed E-state index contributed by atoms with van der Waals surface area (Å²) in [7, 11) is 0. The molecular formula is C27H40N4O5. The molecule has 198 valence electrons. The van der Waals surface area contributed by atoms with Gasteiger partial charge in [-0.15, -0.1) is 0 Å². The van der Waals surface area contributed by atoms with Crippen LogP contribution in [0.4, 0.5) is 4.79 Å². The van der Waals surface area contributed by atoms with Gasteiger partial charge in [0.2, 0.25) is 5.91 Å². The largest absolute Gasteiger partial charge is 0.443 e. The number of hydroxylamine groups is 2. The molecule has 3 aliphatic heterocycles. The van der Waals surface area contributed by atoms with E-state index < -0.39 is 24.4 Å². The van der Waals surface area contributed by atoms with Crippen molar-refractivity contribution in [3.8, 4) is 0 Å². The Morgan fingerprint density at radius 3 is 2.50 bits per heavy atom. The Bertz CT molecular complexity index is 941. The Morgan fingerprint density at radius 2 is 1.89 bits per heavy atom. The lowest BCUT2D eigenvalue weighted by Crippen LogP contribution is -2.74. The summed E-state index contributed by atoms with van der Waals surface area (Å²) in [5.74, 6) is -0.112. The molecule has 0 radical (unpaired) electrons. The van der Waals surface area contributed by atoms with E-state index in [0.29, 0.717) is 19.4 Å². The molecule has 9 heteroatoms. The number of carbonyl (C=O) groups is 3. The van der Waals surface area contributed by atoms with Crippen LogP contribution >= 0.6 is 0 Å². The Morgan fingerprint density at radius 1 is 1.17 bits per heavy atom. The van der Waals surface area contributed by atoms with Crippen LogP contribution in [0.1, 0.15) is 59.4 Å². The van der Waals surface area contributed by atoms with Crippen LogP contribution in [0, 0.1) is 11.3 Å². The molecule has 1 aromatic carbocycles. The van der Waals surface area contributed by atoms with Gasteiger partial charge in [0.25, 0.3) is 5.91 Å². The van der Waals surface area contributed by atoms with Crippen molar-refractivity contribution >= 4 is 17.9 Å². The number of nitrogens with zero attached hydrogens (tertiary/aromatic N) is 3. The highest BCUT2D eigenvalue weighted by Crippen LogP contribution is 2.36. The SMILES string of the molecule is CC(C)C[C@H]1ON(C(=O)OCc2ccccc2)[C@H]2CN([C@@H]3CCNC3)C(=O)[C@H](CC(C)(C)C)N2C1=O. The van der Waals surface area contributed by atoms with Crippen LogP contribution in [0.15, 0.2) is 30.3 Å². The summed E-state index contributed by atoms with van der Waals surface area (Å²) in [6.07, 6.45) is -0.466. The van der Waals surface area contributed by atoms with Crippen molar-refractivity contribution < 1.29 is 24.0 Å². The van der Waals surface area contributed by atoms with Crippen molar-refractivity contribution in [1.29, 1.82) is 0 Å². The summed E-state index contributed by atoms with van der Waals surface area (Å²) in [4.78, 5) is 50.5. The van der Waals surface area contributed by atoms with Gasteiger partial charge in [-0.3, -0.25) is 14.4 Å². The van der Waals surface area contributed by atoms with E-state index in [-0.39, 0.29) is 42.3 Å². The van der Waals surface area contributed by atoms with Crippen LogP contribution in [0.2, 0.25) is 0 Å². The van der Waals surface area contributed by atoms with Gasteiger partial charge in [0, 0.05) is 12.6 Å². The van der Waals surface area contributed by atoms with E-state index in [4.69, 9.17) is 9.57 Å². The van der Waals surface area contributed by atoms with Crippen LogP contribution in [0.5, 0.6) is 0 Å². The average molecular weight is 501 g/mol. The third-order valence-corrected chi connectivity index (χ3v) is 6.98. The number of hydrogen-bond donors (Lipinski definition) is 1. The number of nitrogens with one attached hydrogen (secondary N) is 1. The van der Waals surface area contributed by atoms with Crippen molar-refractivity contribution in [3.05, 3.63) is 35.9 Å². The van der Waals surface area contributed by atoms with Gasteiger partial charge in [-0.05, 0) is 42.7 Å². The first-order chi connectivity index (χ1) is 17.0. The van der Waals surface area contributed by atoms with E-state index in [1.165, 1.54) is 5.06 Å². The number of amides is 3. The number of rotatable bonds is 6. The van der Waals surface area contributed by atoms with Gasteiger partial charge in [0.15, 0.2) is 12.3 Å². The molecular weight excluding hydrogens is 460 g/mol. The Labute approximate surface area is 214 Å². The first kappa shape index (κ1) is 26.4. The fourth-order valence-electron chi connectivity index (χ4n) is 5.30. The number of ether oxygens (including phenoxy) is 1. The zero-order chi connectivity index (χ0) is 26.0. The molecule has 0 spiro atoms. The molecule has 3 fully saturated rings. The minimum Gasteiger partial charge on any atom is -0.443 e. The molecule has 3 amide bonds. The van der Waals surface area contributed by atoms with Crippen molar-refractivity contribution in [3.63, 3.8) is 0 Å². The fourth-order valence-corrected chi connectivity index (χ4v) is 5.30. The van der Waals surface area contributed by atoms with E-state index in [1.807, 2.05) is 49.1 Å². The lowest BCUT2D eigenvalue weighted by atomic mass is 9.85. The Balaban J connectivity index is 1.66. The maximum absolute atomic E-state index is 13.8. The topological polar surface area (TPSA) is 91.4 Å². The first-order valence-corrected chi connectivity index (χ1v) is 13.0. The smallest absolute Gasteiger partial charge is 0.436 e. The predicted molar refractivity (Wildman–Crippen MR) is 134 cm³/mol. The molecule has 0 aromatic heterocycles. The first-order valence-electron chi connectivity index (χ1n) is 13.0. The third-order valence-electron chi connectivity index (χ3n) is 6.98. The summed E-state index contributed by atoms with van der Waals surface area (Å²) in [6.45, 7) is 12.0. The lowest BCUT2D eigenvalue weighted by molar-refractivity contribution is -0.270. The second kappa shape index (κ2) is 10.8. The maximum atomic E-state index is 13.8. The van der Waals surface area contributed by atoms with Crippen molar-refractivity contribution in [1.82, 2.24) is 20.2 Å². The molecule has 4 rings (SSSR count). The standard InChI is InChI=1S/C27H40N4O5/c1-18(2)13-22-25(33)30-21(14-27(3,4)5)24(32)29(20-11-12-28-15-20)16-23(30)31(36-22)26(34)35-17-19-9-7-6-8-10-19/h6-10,18,20-23,28H,11-17H2,1-5H3/t20-,21+,22-,23+/m1/s1. The fraction of sp³-hybridized carbons (Fsp3) is 0.667. The minimum atomic E-state index is -0.847. The molecule has 0 aliphatic carbocycles. The van der Waals surface area contributed by atoms with E-state index >= 15 is 0 Å². The van der Waals surface area contributed by atoms with Crippen LogP contribution in [-0.4, -0.2) is 76.8 Å². The zero-order valence-corrected chi connectivity index (χ0v) is 22.1. The van der Waals surface area contributed by atoms with Crippen LogP contribution in [0.25, 0.3) is 0 Å². The van der Waals surface area contributed by atoms with Crippen LogP contribution in [-0.2, 0) is 25.8 Å². The summed E-state index contributed by atoms with van der Waals surface area (Å²) < 4.78 is 5.64. The molecule has 4 atom stereocenters. The van der Waals surface area contributed by atoms with Gasteiger partial charge in [-0.2, -0.15) is 5.06 Å². The van der Waals surface area contributed by atoms with Crippen molar-refractivity contribution in [2.24, 2.45) is 11.3 Å². The van der Waals surface area contributed by atoms with Gasteiger partial charge < -0.3 is 19.9 Å². The number of fused-ring (bicyclic) bond motifs is 1. The lowest BCUT2D eigenvalue weighted by Gasteiger charge is -2.54. The maximum Gasteiger partial charge on any atom is 0.436 e. The number of benzene rings is 1. The summed E-state index contributed by atoms with van der Waals surface area (Å²) in [5, 5.41) is 4.54. The van der Waals surface area contributed by atoms with Crippen LogP contribution < -0.4 is 5.32 Å². The summed E-state index contributed by atoms with van der Waals surface area (Å²) in [5.41, 5.74) is 0.657. The molecule has 0 bridgehead atoms. The van der Waals surface area contributed by atoms with Gasteiger partial charge in [-0.1, -0.05) is 65.0 Å². The molecule has 1 N–H and O–H groups in total. The number of carbonyl (C=O) groups excluding carboxylic acids is 3. The molecule has 0 saturated carbocycles. The summed E-state index contributed by atoms with van der Waals surface area (Å²) >= 11 is 0. The van der Waals surface area contributed by atoms with Gasteiger partial charge in [-0.25, -0.2) is 4.79 Å². The predicted octanol–water partition coefficient (Wildman–Crippen LogP) is 3.15. The van der Waals surface area contributed by atoms with Gasteiger partial charge in [0.05, 0.1) is 6.54 Å². The van der Waals surface area contributed by atoms with Gasteiger partial charge in [0.1, 0.15) is 12.6 Å². The molecule has 3 heterocycles. The average Bonchev–Trinajstić information content (AvgIpc) is 3.35. The monoisotopic (exact) mass is 500 g/mol. The van der Waals surface area contributed by atoms with Crippen LogP contribution in [0.3, 0.4) is 0 Å². The van der Waals surface area contributed by atoms with Crippen molar-refractivity contribution in [2.45, 2.75) is 84.8 Å². The van der Waals surface area contributed by atoms with E-state index in [9.17, 15) is 14.4 Å². The highest BCUT2D eigenvalue weighted by Gasteiger charge is 2.55. The highest BCUT2D eigenvalue weighted by molar-refractivity contribution is 5.92. The Hall–Kier alpha value is -2.65. The van der Waals surface area contributed by atoms with E-state index in [2.05, 4.69) is 26.1 Å². The number of hydrogen-bond acceptors (Lipinski definition) is 6. The molecule has 3 aliphatic rings. The Kier molecular flexibility index (Phi) is 7.90. The number of piperazine rings is 1. The molecule has 9 nitrogen and oxygen atoms in total. The normalized spacial score (nSPS) is 27.0. The highest BCUT2D eigenvalue weighted by atomic mass is 16.7. The second-order valence-electron chi connectivity index (χ2n) is 11.7.